The molecule has 0 radical (unpaired) electrons. The first-order valence-electron chi connectivity index (χ1n) is 8.24. The molecule has 0 aliphatic carbocycles. The summed E-state index contributed by atoms with van der Waals surface area (Å²) in [5.41, 5.74) is 2.34. The van der Waals surface area contributed by atoms with Gasteiger partial charge in [0, 0.05) is 32.2 Å². The molecule has 0 unspecified atom stereocenters. The number of para-hydroxylation sites is 2. The van der Waals surface area contributed by atoms with E-state index in [-0.39, 0.29) is 0 Å². The number of nitrogens with zero attached hydrogens (tertiary/aromatic N) is 4. The fraction of sp³-hybridized carbons (Fsp3) is 0.588. The van der Waals surface area contributed by atoms with Crippen LogP contribution in [-0.2, 0) is 17.8 Å². The number of morpholine rings is 1. The van der Waals surface area contributed by atoms with E-state index < -0.39 is 0 Å². The van der Waals surface area contributed by atoms with Crippen molar-refractivity contribution in [2.45, 2.75) is 32.2 Å². The summed E-state index contributed by atoms with van der Waals surface area (Å²) in [5, 5.41) is 0. The number of benzene rings is 1. The number of hydrogen-bond donors (Lipinski definition) is 0. The van der Waals surface area contributed by atoms with Gasteiger partial charge in [0.15, 0.2) is 0 Å². The molecule has 2 saturated heterocycles. The van der Waals surface area contributed by atoms with Crippen molar-refractivity contribution in [2.75, 3.05) is 33.3 Å². The average molecular weight is 300 g/mol. The van der Waals surface area contributed by atoms with E-state index in [1.807, 2.05) is 0 Å². The standard InChI is InChI=1S/C17H24N4O/c1-3-21-14-7-5-4-6-13(14)18-17(21)12-20-10-15-16(11-20)22-9-8-19(15)2/h4-7,15-16H,3,8-12H2,1-2H3/t15-,16+/m0/s1. The van der Waals surface area contributed by atoms with Crippen molar-refractivity contribution in [3.05, 3.63) is 30.1 Å². The molecule has 0 spiro atoms. The number of fused-ring (bicyclic) bond motifs is 2. The number of aryl methyl sites for hydroxylation is 1. The Morgan fingerprint density at radius 1 is 1.27 bits per heavy atom. The second kappa shape index (κ2) is 5.65. The van der Waals surface area contributed by atoms with Crippen LogP contribution in [0.2, 0.25) is 0 Å². The van der Waals surface area contributed by atoms with E-state index in [0.717, 1.165) is 44.8 Å². The van der Waals surface area contributed by atoms with E-state index in [1.54, 1.807) is 0 Å². The lowest BCUT2D eigenvalue weighted by molar-refractivity contribution is -0.0370. The summed E-state index contributed by atoms with van der Waals surface area (Å²) in [5.74, 6) is 1.17. The molecule has 22 heavy (non-hydrogen) atoms. The van der Waals surface area contributed by atoms with E-state index >= 15 is 0 Å². The average Bonchev–Trinajstić information content (AvgIpc) is 3.08. The van der Waals surface area contributed by atoms with Crippen LogP contribution in [0.1, 0.15) is 12.7 Å². The zero-order valence-electron chi connectivity index (χ0n) is 13.4. The molecule has 1 aromatic heterocycles. The predicted molar refractivity (Wildman–Crippen MR) is 86.8 cm³/mol. The molecule has 3 heterocycles. The zero-order chi connectivity index (χ0) is 15.1. The van der Waals surface area contributed by atoms with Crippen molar-refractivity contribution in [2.24, 2.45) is 0 Å². The van der Waals surface area contributed by atoms with Crippen LogP contribution in [0.5, 0.6) is 0 Å². The van der Waals surface area contributed by atoms with Crippen LogP contribution in [0, 0.1) is 0 Å². The molecule has 2 aliphatic heterocycles. The highest BCUT2D eigenvalue weighted by molar-refractivity contribution is 5.75. The largest absolute Gasteiger partial charge is 0.374 e. The number of imidazole rings is 1. The third kappa shape index (κ3) is 2.33. The Hall–Kier alpha value is -1.43. The Bertz CT molecular complexity index is 668. The molecule has 0 saturated carbocycles. The minimum atomic E-state index is 0.359. The lowest BCUT2D eigenvalue weighted by Crippen LogP contribution is -2.48. The minimum absolute atomic E-state index is 0.359. The first kappa shape index (κ1) is 14.2. The highest BCUT2D eigenvalue weighted by atomic mass is 16.5. The van der Waals surface area contributed by atoms with E-state index in [0.29, 0.717) is 12.1 Å². The fourth-order valence-electron chi connectivity index (χ4n) is 3.86. The van der Waals surface area contributed by atoms with Gasteiger partial charge < -0.3 is 9.30 Å². The van der Waals surface area contributed by atoms with Crippen molar-refractivity contribution >= 4 is 11.0 Å². The van der Waals surface area contributed by atoms with E-state index in [1.165, 1.54) is 11.3 Å². The third-order valence-electron chi connectivity index (χ3n) is 5.07. The van der Waals surface area contributed by atoms with E-state index in [2.05, 4.69) is 52.6 Å². The second-order valence-corrected chi connectivity index (χ2v) is 6.41. The Morgan fingerprint density at radius 3 is 2.95 bits per heavy atom. The SMILES string of the molecule is CCn1c(CN2C[C@H]3OCCN(C)[C@H]3C2)nc2ccccc21. The summed E-state index contributed by atoms with van der Waals surface area (Å²) in [6, 6.07) is 8.95. The van der Waals surface area contributed by atoms with Crippen molar-refractivity contribution in [3.63, 3.8) is 0 Å². The summed E-state index contributed by atoms with van der Waals surface area (Å²) in [6.07, 6.45) is 0.359. The molecule has 0 N–H and O–H groups in total. The van der Waals surface area contributed by atoms with Crippen molar-refractivity contribution in [3.8, 4) is 0 Å². The number of ether oxygens (including phenoxy) is 1. The van der Waals surface area contributed by atoms with Crippen LogP contribution < -0.4 is 0 Å². The van der Waals surface area contributed by atoms with Gasteiger partial charge in [-0.2, -0.15) is 0 Å². The normalized spacial score (nSPS) is 26.6. The molecule has 0 bridgehead atoms. The van der Waals surface area contributed by atoms with Crippen LogP contribution >= 0.6 is 0 Å². The van der Waals surface area contributed by atoms with Gasteiger partial charge in [0.1, 0.15) is 5.82 Å². The van der Waals surface area contributed by atoms with Gasteiger partial charge in [0.25, 0.3) is 0 Å². The number of rotatable bonds is 3. The first-order valence-corrected chi connectivity index (χ1v) is 8.24. The van der Waals surface area contributed by atoms with Crippen molar-refractivity contribution < 1.29 is 4.74 Å². The molecule has 118 valence electrons. The van der Waals surface area contributed by atoms with Gasteiger partial charge in [-0.3, -0.25) is 9.80 Å². The maximum atomic E-state index is 5.95. The Labute approximate surface area is 131 Å². The van der Waals surface area contributed by atoms with Gasteiger partial charge in [0.05, 0.1) is 30.3 Å². The highest BCUT2D eigenvalue weighted by Gasteiger charge is 2.38. The monoisotopic (exact) mass is 300 g/mol. The number of likely N-dealkylation sites (tertiary alicyclic amines) is 1. The molecule has 2 aliphatic rings. The summed E-state index contributed by atoms with van der Waals surface area (Å²) in [6.45, 7) is 8.06. The minimum Gasteiger partial charge on any atom is -0.374 e. The topological polar surface area (TPSA) is 33.5 Å². The van der Waals surface area contributed by atoms with E-state index in [4.69, 9.17) is 9.72 Å². The van der Waals surface area contributed by atoms with Crippen LogP contribution in [0.3, 0.4) is 0 Å². The molecule has 2 fully saturated rings. The Kier molecular flexibility index (Phi) is 3.64. The van der Waals surface area contributed by atoms with Crippen molar-refractivity contribution in [1.29, 1.82) is 0 Å². The summed E-state index contributed by atoms with van der Waals surface area (Å²) in [7, 11) is 2.21. The summed E-state index contributed by atoms with van der Waals surface area (Å²) >= 11 is 0. The maximum Gasteiger partial charge on any atom is 0.124 e. The highest BCUT2D eigenvalue weighted by Crippen LogP contribution is 2.24. The number of likely N-dealkylation sites (N-methyl/N-ethyl adjacent to an activating group) is 1. The maximum absolute atomic E-state index is 5.95. The molecule has 2 aromatic rings. The summed E-state index contributed by atoms with van der Waals surface area (Å²) in [4.78, 5) is 9.78. The van der Waals surface area contributed by atoms with Crippen LogP contribution in [0.4, 0.5) is 0 Å². The molecule has 1 aromatic carbocycles. The number of hydrogen-bond acceptors (Lipinski definition) is 4. The Morgan fingerprint density at radius 2 is 2.14 bits per heavy atom. The lowest BCUT2D eigenvalue weighted by Gasteiger charge is -2.33. The fourth-order valence-corrected chi connectivity index (χ4v) is 3.86. The summed E-state index contributed by atoms with van der Waals surface area (Å²) < 4.78 is 8.28. The van der Waals surface area contributed by atoms with Gasteiger partial charge in [-0.15, -0.1) is 0 Å². The molecule has 5 nitrogen and oxygen atoms in total. The van der Waals surface area contributed by atoms with Crippen LogP contribution in [0.25, 0.3) is 11.0 Å². The lowest BCUT2D eigenvalue weighted by atomic mass is 10.1. The van der Waals surface area contributed by atoms with Crippen LogP contribution in [-0.4, -0.2) is 64.8 Å². The van der Waals surface area contributed by atoms with Crippen LogP contribution in [0.15, 0.2) is 24.3 Å². The molecule has 5 heteroatoms. The molecule has 2 atom stereocenters. The van der Waals surface area contributed by atoms with Gasteiger partial charge in [-0.05, 0) is 26.1 Å². The molecular formula is C17H24N4O. The molecule has 4 rings (SSSR count). The quantitative estimate of drug-likeness (QED) is 0.861. The van der Waals surface area contributed by atoms with Gasteiger partial charge in [-0.1, -0.05) is 12.1 Å². The molecule has 0 amide bonds. The third-order valence-corrected chi connectivity index (χ3v) is 5.07. The molecular weight excluding hydrogens is 276 g/mol. The van der Waals surface area contributed by atoms with Gasteiger partial charge in [-0.25, -0.2) is 4.98 Å². The first-order chi connectivity index (χ1) is 10.8. The van der Waals surface area contributed by atoms with Gasteiger partial charge >= 0.3 is 0 Å². The van der Waals surface area contributed by atoms with Gasteiger partial charge in [0.2, 0.25) is 0 Å². The number of aromatic nitrogens is 2. The predicted octanol–water partition coefficient (Wildman–Crippen LogP) is 1.57. The van der Waals surface area contributed by atoms with E-state index in [9.17, 15) is 0 Å². The van der Waals surface area contributed by atoms with Crippen molar-refractivity contribution in [1.82, 2.24) is 19.4 Å². The Balaban J connectivity index is 1.57. The smallest absolute Gasteiger partial charge is 0.124 e. The second-order valence-electron chi connectivity index (χ2n) is 6.41. The zero-order valence-corrected chi connectivity index (χ0v) is 13.4.